The quantitative estimate of drug-likeness (QED) is 0.675. The largest absolute Gasteiger partial charge is 0.310 e. The van der Waals surface area contributed by atoms with Gasteiger partial charge in [0.25, 0.3) is 0 Å². The summed E-state index contributed by atoms with van der Waals surface area (Å²) < 4.78 is 0. The van der Waals surface area contributed by atoms with Gasteiger partial charge in [0.15, 0.2) is 0 Å². The number of rotatable bonds is 2. The molecule has 0 spiro atoms. The van der Waals surface area contributed by atoms with Gasteiger partial charge in [-0.3, -0.25) is 10.2 Å². The molecule has 0 radical (unpaired) electrons. The lowest BCUT2D eigenvalue weighted by Gasteiger charge is -2.33. The van der Waals surface area contributed by atoms with Gasteiger partial charge in [0.1, 0.15) is 0 Å². The Balaban J connectivity index is 1.50. The molecule has 2 bridgehead atoms. The minimum Gasteiger partial charge on any atom is -0.310 e. The van der Waals surface area contributed by atoms with Crippen molar-refractivity contribution >= 4 is 5.91 Å². The Bertz CT molecular complexity index is 301. The topological polar surface area (TPSA) is 47.6 Å². The molecule has 1 amide bonds. The van der Waals surface area contributed by atoms with Crippen LogP contribution in [0.1, 0.15) is 19.3 Å². The van der Waals surface area contributed by atoms with Crippen molar-refractivity contribution in [3.8, 4) is 0 Å². The second-order valence-electron chi connectivity index (χ2n) is 5.66. The van der Waals surface area contributed by atoms with Gasteiger partial charge in [-0.15, -0.1) is 0 Å². The number of nitrogens with one attached hydrogen (secondary N) is 2. The molecule has 3 saturated heterocycles. The van der Waals surface area contributed by atoms with Gasteiger partial charge in [0, 0.05) is 38.3 Å². The molecule has 3 heterocycles. The Labute approximate surface area is 102 Å². The SMILES string of the molecule is CN1CCN(NC(=O)C2CC3CCC2N3)CC1. The molecule has 0 aliphatic carbocycles. The van der Waals surface area contributed by atoms with E-state index in [1.165, 1.54) is 12.8 Å². The summed E-state index contributed by atoms with van der Waals surface area (Å²) in [6.07, 6.45) is 3.46. The van der Waals surface area contributed by atoms with Gasteiger partial charge < -0.3 is 10.2 Å². The van der Waals surface area contributed by atoms with Crippen molar-refractivity contribution in [2.45, 2.75) is 31.3 Å². The fourth-order valence-corrected chi connectivity index (χ4v) is 3.27. The first kappa shape index (κ1) is 11.4. The third kappa shape index (κ3) is 2.32. The van der Waals surface area contributed by atoms with Gasteiger partial charge in [-0.2, -0.15) is 0 Å². The van der Waals surface area contributed by atoms with Gasteiger partial charge in [0.05, 0.1) is 5.92 Å². The van der Waals surface area contributed by atoms with Gasteiger partial charge >= 0.3 is 0 Å². The summed E-state index contributed by atoms with van der Waals surface area (Å²) in [5.74, 6) is 0.433. The van der Waals surface area contributed by atoms with E-state index in [-0.39, 0.29) is 11.8 Å². The zero-order valence-electron chi connectivity index (χ0n) is 10.5. The molecule has 96 valence electrons. The van der Waals surface area contributed by atoms with Crippen molar-refractivity contribution in [1.82, 2.24) is 20.7 Å². The van der Waals surface area contributed by atoms with E-state index in [0.29, 0.717) is 12.1 Å². The standard InChI is InChI=1S/C12H22N4O/c1-15-4-6-16(7-5-15)14-12(17)10-8-9-2-3-11(10)13-9/h9-11,13H,2-8H2,1H3,(H,14,17). The number of hydrazine groups is 1. The lowest BCUT2D eigenvalue weighted by molar-refractivity contribution is -0.131. The van der Waals surface area contributed by atoms with E-state index in [2.05, 4.69) is 27.7 Å². The monoisotopic (exact) mass is 238 g/mol. The minimum absolute atomic E-state index is 0.202. The van der Waals surface area contributed by atoms with Crippen LogP contribution in [0, 0.1) is 5.92 Å². The van der Waals surface area contributed by atoms with Crippen LogP contribution in [0.25, 0.3) is 0 Å². The third-order valence-corrected chi connectivity index (χ3v) is 4.41. The highest BCUT2D eigenvalue weighted by Gasteiger charge is 2.43. The molecule has 0 saturated carbocycles. The van der Waals surface area contributed by atoms with Crippen LogP contribution in [0.5, 0.6) is 0 Å². The summed E-state index contributed by atoms with van der Waals surface area (Å²) in [5, 5.41) is 5.59. The summed E-state index contributed by atoms with van der Waals surface area (Å²) in [6.45, 7) is 3.96. The van der Waals surface area contributed by atoms with Crippen molar-refractivity contribution < 1.29 is 4.79 Å². The number of hydrogen-bond donors (Lipinski definition) is 2. The summed E-state index contributed by atoms with van der Waals surface area (Å²) in [6, 6.07) is 1.04. The number of carbonyl (C=O) groups excluding carboxylic acids is 1. The van der Waals surface area contributed by atoms with E-state index >= 15 is 0 Å². The Kier molecular flexibility index (Phi) is 3.06. The molecule has 3 rings (SSSR count). The van der Waals surface area contributed by atoms with Gasteiger partial charge in [-0.05, 0) is 26.3 Å². The first-order valence-electron chi connectivity index (χ1n) is 6.72. The van der Waals surface area contributed by atoms with Gasteiger partial charge in [-0.25, -0.2) is 5.01 Å². The maximum absolute atomic E-state index is 12.2. The second-order valence-corrected chi connectivity index (χ2v) is 5.66. The summed E-state index contributed by atoms with van der Waals surface area (Å²) in [5.41, 5.74) is 3.09. The van der Waals surface area contributed by atoms with Crippen LogP contribution >= 0.6 is 0 Å². The van der Waals surface area contributed by atoms with E-state index in [1.54, 1.807) is 0 Å². The summed E-state index contributed by atoms with van der Waals surface area (Å²) in [7, 11) is 2.12. The number of hydrogen-bond acceptors (Lipinski definition) is 4. The van der Waals surface area contributed by atoms with Crippen molar-refractivity contribution in [2.75, 3.05) is 33.2 Å². The van der Waals surface area contributed by atoms with Crippen molar-refractivity contribution in [2.24, 2.45) is 5.92 Å². The van der Waals surface area contributed by atoms with Gasteiger partial charge in [-0.1, -0.05) is 0 Å². The van der Waals surface area contributed by atoms with Crippen LogP contribution in [-0.4, -0.2) is 61.1 Å². The number of piperazine rings is 1. The van der Waals surface area contributed by atoms with Crippen LogP contribution in [0.4, 0.5) is 0 Å². The molecule has 0 aromatic rings. The minimum atomic E-state index is 0.202. The average molecular weight is 238 g/mol. The van der Waals surface area contributed by atoms with Crippen LogP contribution < -0.4 is 10.7 Å². The van der Waals surface area contributed by atoms with Crippen LogP contribution in [0.15, 0.2) is 0 Å². The Morgan fingerprint density at radius 1 is 1.24 bits per heavy atom. The lowest BCUT2D eigenvalue weighted by Crippen LogP contribution is -2.54. The molecule has 5 heteroatoms. The first-order valence-corrected chi connectivity index (χ1v) is 6.72. The van der Waals surface area contributed by atoms with Gasteiger partial charge in [0.2, 0.25) is 5.91 Å². The maximum Gasteiger partial charge on any atom is 0.239 e. The molecule has 17 heavy (non-hydrogen) atoms. The normalized spacial score (nSPS) is 38.5. The fourth-order valence-electron chi connectivity index (χ4n) is 3.27. The average Bonchev–Trinajstić information content (AvgIpc) is 2.94. The van der Waals surface area contributed by atoms with Crippen LogP contribution in [0.2, 0.25) is 0 Å². The molecule has 0 aromatic heterocycles. The highest BCUT2D eigenvalue weighted by atomic mass is 16.2. The Morgan fingerprint density at radius 3 is 2.59 bits per heavy atom. The summed E-state index contributed by atoms with van der Waals surface area (Å²) >= 11 is 0. The highest BCUT2D eigenvalue weighted by molar-refractivity contribution is 5.79. The predicted octanol–water partition coefficient (Wildman–Crippen LogP) is -0.594. The van der Waals surface area contributed by atoms with Crippen LogP contribution in [-0.2, 0) is 4.79 Å². The molecular formula is C12H22N4O. The van der Waals surface area contributed by atoms with E-state index in [4.69, 9.17) is 0 Å². The predicted molar refractivity (Wildman–Crippen MR) is 65.3 cm³/mol. The second kappa shape index (κ2) is 4.55. The fraction of sp³-hybridized carbons (Fsp3) is 0.917. The Morgan fingerprint density at radius 2 is 2.00 bits per heavy atom. The molecule has 5 nitrogen and oxygen atoms in total. The summed E-state index contributed by atoms with van der Waals surface area (Å²) in [4.78, 5) is 14.5. The smallest absolute Gasteiger partial charge is 0.239 e. The number of amides is 1. The molecule has 3 fully saturated rings. The van der Waals surface area contributed by atoms with E-state index in [9.17, 15) is 4.79 Å². The van der Waals surface area contributed by atoms with Crippen molar-refractivity contribution in [3.05, 3.63) is 0 Å². The molecular weight excluding hydrogens is 216 g/mol. The number of nitrogens with zero attached hydrogens (tertiary/aromatic N) is 2. The molecule has 3 aliphatic rings. The van der Waals surface area contributed by atoms with Crippen LogP contribution in [0.3, 0.4) is 0 Å². The molecule has 3 aliphatic heterocycles. The molecule has 3 unspecified atom stereocenters. The first-order chi connectivity index (χ1) is 8.22. The maximum atomic E-state index is 12.2. The van der Waals surface area contributed by atoms with E-state index < -0.39 is 0 Å². The van der Waals surface area contributed by atoms with Crippen molar-refractivity contribution in [3.63, 3.8) is 0 Å². The number of carbonyl (C=O) groups is 1. The number of fused-ring (bicyclic) bond motifs is 2. The van der Waals surface area contributed by atoms with E-state index in [0.717, 1.165) is 32.6 Å². The molecule has 3 atom stereocenters. The Hall–Kier alpha value is -0.650. The number of likely N-dealkylation sites (N-methyl/N-ethyl adjacent to an activating group) is 1. The van der Waals surface area contributed by atoms with Crippen molar-refractivity contribution in [1.29, 1.82) is 0 Å². The lowest BCUT2D eigenvalue weighted by atomic mass is 9.89. The van der Waals surface area contributed by atoms with E-state index in [1.807, 2.05) is 0 Å². The third-order valence-electron chi connectivity index (χ3n) is 4.41. The zero-order chi connectivity index (χ0) is 11.8. The molecule has 0 aromatic carbocycles. The zero-order valence-corrected chi connectivity index (χ0v) is 10.5. The molecule has 2 N–H and O–H groups in total. The highest BCUT2D eigenvalue weighted by Crippen LogP contribution is 2.33.